The molecule has 1 aromatic heterocycles. The van der Waals surface area contributed by atoms with Gasteiger partial charge in [-0.1, -0.05) is 23.9 Å². The number of thioether (sulfide) groups is 1. The number of aromatic nitrogens is 2. The van der Waals surface area contributed by atoms with Gasteiger partial charge in [0.15, 0.2) is 4.34 Å². The van der Waals surface area contributed by atoms with Crippen molar-refractivity contribution in [2.24, 2.45) is 0 Å². The Hall–Kier alpha value is -0.590. The molecule has 0 fully saturated rings. The third-order valence-electron chi connectivity index (χ3n) is 2.03. The van der Waals surface area contributed by atoms with Crippen LogP contribution < -0.4 is 5.32 Å². The predicted molar refractivity (Wildman–Crippen MR) is 78.0 cm³/mol. The Kier molecular flexibility index (Phi) is 4.82. The minimum atomic E-state index is 0.858. The Morgan fingerprint density at radius 2 is 2.24 bits per heavy atom. The van der Waals surface area contributed by atoms with Crippen molar-refractivity contribution in [3.8, 4) is 0 Å². The van der Waals surface area contributed by atoms with Crippen molar-refractivity contribution in [1.82, 2.24) is 9.36 Å². The van der Waals surface area contributed by atoms with Crippen LogP contribution in [0.4, 0.5) is 5.69 Å². The smallest absolute Gasteiger partial charge is 0.170 e. The van der Waals surface area contributed by atoms with Gasteiger partial charge in [0.1, 0.15) is 5.82 Å². The number of anilines is 1. The quantitative estimate of drug-likeness (QED) is 0.668. The molecular formula is C11H12BrN3S2. The van der Waals surface area contributed by atoms with Gasteiger partial charge in [-0.3, -0.25) is 0 Å². The fraction of sp³-hybridized carbons (Fsp3) is 0.273. The first-order chi connectivity index (χ1) is 8.25. The first-order valence-corrected chi connectivity index (χ1v) is 7.72. The SMILES string of the molecule is Cc1nsc(SCCNc2ccccc2Br)n1. The Bertz CT molecular complexity index is 487. The van der Waals surface area contributed by atoms with Gasteiger partial charge in [0.2, 0.25) is 0 Å². The molecule has 6 heteroatoms. The van der Waals surface area contributed by atoms with Crippen LogP contribution in [-0.4, -0.2) is 21.7 Å². The number of nitrogens with one attached hydrogen (secondary N) is 1. The maximum Gasteiger partial charge on any atom is 0.170 e. The minimum absolute atomic E-state index is 0.858. The van der Waals surface area contributed by atoms with Gasteiger partial charge >= 0.3 is 0 Å². The van der Waals surface area contributed by atoms with E-state index in [0.29, 0.717) is 0 Å². The topological polar surface area (TPSA) is 37.8 Å². The molecule has 90 valence electrons. The van der Waals surface area contributed by atoms with E-state index in [1.54, 1.807) is 11.8 Å². The van der Waals surface area contributed by atoms with Crippen molar-refractivity contribution in [2.75, 3.05) is 17.6 Å². The average molecular weight is 330 g/mol. The van der Waals surface area contributed by atoms with E-state index in [4.69, 9.17) is 0 Å². The maximum atomic E-state index is 4.31. The molecule has 0 spiro atoms. The molecule has 0 saturated heterocycles. The predicted octanol–water partition coefficient (Wildman–Crippen LogP) is 3.81. The van der Waals surface area contributed by atoms with Gasteiger partial charge in [0.05, 0.1) is 0 Å². The minimum Gasteiger partial charge on any atom is -0.383 e. The summed E-state index contributed by atoms with van der Waals surface area (Å²) in [6, 6.07) is 8.12. The summed E-state index contributed by atoms with van der Waals surface area (Å²) in [5, 5.41) is 3.38. The lowest BCUT2D eigenvalue weighted by molar-refractivity contribution is 1.10. The zero-order chi connectivity index (χ0) is 12.1. The molecule has 0 aliphatic heterocycles. The third kappa shape index (κ3) is 3.97. The van der Waals surface area contributed by atoms with E-state index in [9.17, 15) is 0 Å². The highest BCUT2D eigenvalue weighted by atomic mass is 79.9. The molecule has 17 heavy (non-hydrogen) atoms. The summed E-state index contributed by atoms with van der Waals surface area (Å²) in [5.74, 6) is 1.84. The van der Waals surface area contributed by atoms with E-state index in [0.717, 1.165) is 32.6 Å². The van der Waals surface area contributed by atoms with E-state index in [1.165, 1.54) is 11.5 Å². The van der Waals surface area contributed by atoms with E-state index in [2.05, 4.69) is 36.7 Å². The molecular weight excluding hydrogens is 318 g/mol. The average Bonchev–Trinajstić information content (AvgIpc) is 2.73. The number of benzene rings is 1. The molecule has 0 aliphatic carbocycles. The standard InChI is InChI=1S/C11H12BrN3S2/c1-8-14-11(17-15-8)16-7-6-13-10-5-3-2-4-9(10)12/h2-5,13H,6-7H2,1H3. The highest BCUT2D eigenvalue weighted by molar-refractivity contribution is 9.10. The van der Waals surface area contributed by atoms with Crippen LogP contribution in [0.3, 0.4) is 0 Å². The van der Waals surface area contributed by atoms with Gasteiger partial charge in [0, 0.05) is 22.5 Å². The Morgan fingerprint density at radius 3 is 2.94 bits per heavy atom. The first-order valence-electron chi connectivity index (χ1n) is 5.17. The molecule has 3 nitrogen and oxygen atoms in total. The van der Waals surface area contributed by atoms with Gasteiger partial charge in [-0.15, -0.1) is 0 Å². The molecule has 0 unspecified atom stereocenters. The second-order valence-corrected chi connectivity index (χ2v) is 6.31. The monoisotopic (exact) mass is 329 g/mol. The summed E-state index contributed by atoms with van der Waals surface area (Å²) in [6.45, 7) is 2.83. The van der Waals surface area contributed by atoms with E-state index >= 15 is 0 Å². The lowest BCUT2D eigenvalue weighted by atomic mass is 10.3. The largest absolute Gasteiger partial charge is 0.383 e. The van der Waals surface area contributed by atoms with Crippen molar-refractivity contribution >= 4 is 44.9 Å². The molecule has 2 aromatic rings. The maximum absolute atomic E-state index is 4.31. The zero-order valence-electron chi connectivity index (χ0n) is 9.31. The lowest BCUT2D eigenvalue weighted by Crippen LogP contribution is -2.04. The van der Waals surface area contributed by atoms with Gasteiger partial charge in [-0.25, -0.2) is 4.98 Å². The number of nitrogens with zero attached hydrogens (tertiary/aromatic N) is 2. The Morgan fingerprint density at radius 1 is 1.41 bits per heavy atom. The fourth-order valence-electron chi connectivity index (χ4n) is 1.27. The highest BCUT2D eigenvalue weighted by Crippen LogP contribution is 2.22. The van der Waals surface area contributed by atoms with Crippen molar-refractivity contribution in [1.29, 1.82) is 0 Å². The third-order valence-corrected chi connectivity index (χ3v) is 4.64. The number of hydrogen-bond acceptors (Lipinski definition) is 5. The second kappa shape index (κ2) is 6.37. The van der Waals surface area contributed by atoms with Crippen LogP contribution in [-0.2, 0) is 0 Å². The summed E-state index contributed by atoms with van der Waals surface area (Å²) in [5.41, 5.74) is 1.13. The van der Waals surface area contributed by atoms with Crippen molar-refractivity contribution in [3.05, 3.63) is 34.6 Å². The molecule has 0 atom stereocenters. The number of para-hydroxylation sites is 1. The van der Waals surface area contributed by atoms with E-state index in [-0.39, 0.29) is 0 Å². The lowest BCUT2D eigenvalue weighted by Gasteiger charge is -2.06. The van der Waals surface area contributed by atoms with Crippen molar-refractivity contribution in [3.63, 3.8) is 0 Å². The molecule has 0 saturated carbocycles. The van der Waals surface area contributed by atoms with Crippen LogP contribution >= 0.6 is 39.2 Å². The molecule has 1 aromatic carbocycles. The molecule has 0 amide bonds. The Balaban J connectivity index is 1.75. The second-order valence-electron chi connectivity index (χ2n) is 3.36. The first kappa shape index (κ1) is 12.9. The van der Waals surface area contributed by atoms with Crippen LogP contribution in [0.2, 0.25) is 0 Å². The van der Waals surface area contributed by atoms with Crippen LogP contribution in [0.5, 0.6) is 0 Å². The Labute approximate surface area is 117 Å². The molecule has 0 aliphatic rings. The van der Waals surface area contributed by atoms with Crippen LogP contribution in [0, 0.1) is 6.92 Å². The van der Waals surface area contributed by atoms with Gasteiger partial charge in [-0.05, 0) is 46.5 Å². The van der Waals surface area contributed by atoms with Gasteiger partial charge in [-0.2, -0.15) is 4.37 Å². The summed E-state index contributed by atoms with van der Waals surface area (Å²) in [7, 11) is 0. The van der Waals surface area contributed by atoms with Crippen LogP contribution in [0.15, 0.2) is 33.1 Å². The van der Waals surface area contributed by atoms with Gasteiger partial charge in [0.25, 0.3) is 0 Å². The van der Waals surface area contributed by atoms with Crippen LogP contribution in [0.25, 0.3) is 0 Å². The summed E-state index contributed by atoms with van der Waals surface area (Å²) in [6.07, 6.45) is 0. The van der Waals surface area contributed by atoms with E-state index < -0.39 is 0 Å². The number of halogens is 1. The number of aryl methyl sites for hydroxylation is 1. The zero-order valence-corrected chi connectivity index (χ0v) is 12.5. The van der Waals surface area contributed by atoms with Crippen molar-refractivity contribution < 1.29 is 0 Å². The summed E-state index contributed by atoms with van der Waals surface area (Å²) < 4.78 is 6.28. The number of rotatable bonds is 5. The highest BCUT2D eigenvalue weighted by Gasteiger charge is 2.01. The number of hydrogen-bond donors (Lipinski definition) is 1. The van der Waals surface area contributed by atoms with Gasteiger partial charge < -0.3 is 5.32 Å². The molecule has 1 heterocycles. The van der Waals surface area contributed by atoms with Crippen molar-refractivity contribution in [2.45, 2.75) is 11.3 Å². The van der Waals surface area contributed by atoms with E-state index in [1.807, 2.05) is 25.1 Å². The molecule has 1 N–H and O–H groups in total. The molecule has 0 bridgehead atoms. The van der Waals surface area contributed by atoms with Crippen LogP contribution in [0.1, 0.15) is 5.82 Å². The summed E-state index contributed by atoms with van der Waals surface area (Å²) >= 11 is 6.70. The fourth-order valence-corrected chi connectivity index (χ4v) is 3.26. The molecule has 0 radical (unpaired) electrons. The normalized spacial score (nSPS) is 10.5. The summed E-state index contributed by atoms with van der Waals surface area (Å²) in [4.78, 5) is 4.31. The molecule has 2 rings (SSSR count).